The lowest BCUT2D eigenvalue weighted by molar-refractivity contribution is -0.249. The van der Waals surface area contributed by atoms with E-state index >= 15 is 0 Å². The number of hydrogen-bond acceptors (Lipinski definition) is 5. The Balaban J connectivity index is 1.45. The Morgan fingerprint density at radius 3 is 2.06 bits per heavy atom. The summed E-state index contributed by atoms with van der Waals surface area (Å²) in [6.07, 6.45) is 10.6. The van der Waals surface area contributed by atoms with E-state index in [2.05, 4.69) is 46.8 Å². The van der Waals surface area contributed by atoms with Crippen LogP contribution in [0.5, 0.6) is 0 Å². The normalized spacial score (nSPS) is 48.0. The zero-order chi connectivity index (χ0) is 22.4. The molecular weight excluding hydrogens is 388 g/mol. The highest BCUT2D eigenvalue weighted by Gasteiger charge is 2.69. The largest absolute Gasteiger partial charge is 0.397 e. The van der Waals surface area contributed by atoms with Crippen LogP contribution in [0.3, 0.4) is 0 Å². The van der Waals surface area contributed by atoms with E-state index in [1.165, 1.54) is 12.0 Å². The van der Waals surface area contributed by atoms with Crippen molar-refractivity contribution in [1.29, 1.82) is 0 Å². The molecule has 3 fully saturated rings. The first-order valence-electron chi connectivity index (χ1n) is 12.1. The third-order valence-corrected chi connectivity index (χ3v) is 8.60. The van der Waals surface area contributed by atoms with Gasteiger partial charge in [-0.3, -0.25) is 4.99 Å². The number of allylic oxidation sites excluding steroid dienone is 2. The van der Waals surface area contributed by atoms with Crippen LogP contribution in [0.4, 0.5) is 0 Å². The van der Waals surface area contributed by atoms with Crippen molar-refractivity contribution in [2.75, 3.05) is 0 Å². The van der Waals surface area contributed by atoms with Gasteiger partial charge in [0, 0.05) is 0 Å². The first kappa shape index (κ1) is 21.7. The maximum absolute atomic E-state index is 6.64. The monoisotopic (exact) mass is 428 g/mol. The van der Waals surface area contributed by atoms with Crippen molar-refractivity contribution >= 4 is 5.71 Å². The first-order chi connectivity index (χ1) is 14.2. The Bertz CT molecular complexity index is 859. The molecule has 5 heteroatoms. The van der Waals surface area contributed by atoms with Crippen LogP contribution < -0.4 is 5.73 Å². The smallest absolute Gasteiger partial charge is 0.164 e. The molecule has 0 aromatic rings. The molecule has 31 heavy (non-hydrogen) atoms. The second-order valence-corrected chi connectivity index (χ2v) is 12.6. The average molecular weight is 429 g/mol. The lowest BCUT2D eigenvalue weighted by Gasteiger charge is -2.49. The van der Waals surface area contributed by atoms with Gasteiger partial charge in [-0.1, -0.05) is 26.0 Å². The number of ether oxygens (including phenoxy) is 3. The molecule has 1 aliphatic carbocycles. The van der Waals surface area contributed by atoms with E-state index in [1.54, 1.807) is 0 Å². The van der Waals surface area contributed by atoms with Crippen LogP contribution in [-0.2, 0) is 14.2 Å². The maximum Gasteiger partial charge on any atom is 0.164 e. The van der Waals surface area contributed by atoms with Crippen molar-refractivity contribution < 1.29 is 14.2 Å². The van der Waals surface area contributed by atoms with Gasteiger partial charge < -0.3 is 19.9 Å². The van der Waals surface area contributed by atoms with Crippen molar-refractivity contribution in [2.24, 2.45) is 22.1 Å². The number of fused-ring (bicyclic) bond motifs is 5. The third-order valence-electron chi connectivity index (χ3n) is 8.60. The molecule has 5 nitrogen and oxygen atoms in total. The van der Waals surface area contributed by atoms with E-state index in [1.807, 2.05) is 13.8 Å². The van der Waals surface area contributed by atoms with Crippen molar-refractivity contribution in [2.45, 2.75) is 122 Å². The number of hydrogen-bond donors (Lipinski definition) is 1. The molecule has 6 atom stereocenters. The molecule has 2 bridgehead atoms. The third kappa shape index (κ3) is 3.43. The molecule has 3 saturated heterocycles. The second kappa shape index (κ2) is 6.45. The SMILES string of the molecule is CC1(C)CC=C(C2=NC(C)(C3C[C@@]4(C)O[C@@](C)(C3)[C@@H]3OC(C)(C)O[C@@H]34)CC=C2N)CC1. The standard InChI is InChI=1S/C26H40N2O3/c1-22(2)11-8-16(9-12-22)19-18(27)10-13-24(5,28-19)17-14-25(6)20-21(26(7,15-17)31-25)30-23(3,4)29-20/h8,10,17,20-21H,9,11-15,27H2,1-7H3/t17?,20-,21+,24?,25+,26-. The predicted octanol–water partition coefficient (Wildman–Crippen LogP) is 5.05. The van der Waals surface area contributed by atoms with Gasteiger partial charge >= 0.3 is 0 Å². The number of nitrogens with two attached hydrogens (primary N) is 1. The fourth-order valence-corrected chi connectivity index (χ4v) is 6.69. The zero-order valence-electron chi connectivity index (χ0n) is 20.4. The Morgan fingerprint density at radius 1 is 0.903 bits per heavy atom. The molecule has 2 N–H and O–H groups in total. The van der Waals surface area contributed by atoms with E-state index in [0.717, 1.165) is 43.5 Å². The second-order valence-electron chi connectivity index (χ2n) is 12.6. The highest BCUT2D eigenvalue weighted by atomic mass is 16.8. The summed E-state index contributed by atoms with van der Waals surface area (Å²) >= 11 is 0. The topological polar surface area (TPSA) is 66.1 Å². The summed E-state index contributed by atoms with van der Waals surface area (Å²) in [6, 6.07) is 0. The first-order valence-corrected chi connectivity index (χ1v) is 12.1. The quantitative estimate of drug-likeness (QED) is 0.669. The summed E-state index contributed by atoms with van der Waals surface area (Å²) in [5.74, 6) is -0.162. The van der Waals surface area contributed by atoms with Crippen LogP contribution in [0.2, 0.25) is 0 Å². The van der Waals surface area contributed by atoms with Crippen LogP contribution in [0, 0.1) is 11.3 Å². The Labute approximate surface area is 187 Å². The average Bonchev–Trinajstić information content (AvgIpc) is 3.06. The minimum absolute atomic E-state index is 0.0305. The summed E-state index contributed by atoms with van der Waals surface area (Å²) in [4.78, 5) is 5.39. The fraction of sp³-hybridized carbons (Fsp3) is 0.808. The molecule has 4 aliphatic heterocycles. The molecule has 172 valence electrons. The van der Waals surface area contributed by atoms with E-state index in [0.29, 0.717) is 11.3 Å². The van der Waals surface area contributed by atoms with Crippen molar-refractivity contribution in [3.8, 4) is 0 Å². The molecule has 5 rings (SSSR count). The minimum atomic E-state index is -0.549. The maximum atomic E-state index is 6.64. The van der Waals surface area contributed by atoms with Gasteiger partial charge in [0.15, 0.2) is 5.79 Å². The Hall–Kier alpha value is -1.17. The number of dihydropyridines is 1. The van der Waals surface area contributed by atoms with Gasteiger partial charge in [0.05, 0.1) is 28.1 Å². The van der Waals surface area contributed by atoms with Crippen molar-refractivity contribution in [3.63, 3.8) is 0 Å². The van der Waals surface area contributed by atoms with E-state index in [-0.39, 0.29) is 28.9 Å². The lowest BCUT2D eigenvalue weighted by atomic mass is 9.70. The predicted molar refractivity (Wildman–Crippen MR) is 123 cm³/mol. The van der Waals surface area contributed by atoms with Gasteiger partial charge in [0.1, 0.15) is 12.2 Å². The summed E-state index contributed by atoms with van der Waals surface area (Å²) in [7, 11) is 0. The lowest BCUT2D eigenvalue weighted by Crippen LogP contribution is -2.52. The van der Waals surface area contributed by atoms with Crippen LogP contribution in [0.1, 0.15) is 87.0 Å². The fourth-order valence-electron chi connectivity index (χ4n) is 6.69. The van der Waals surface area contributed by atoms with Crippen LogP contribution in [0.15, 0.2) is 28.4 Å². The van der Waals surface area contributed by atoms with Gasteiger partial charge in [-0.25, -0.2) is 0 Å². The molecule has 0 saturated carbocycles. The van der Waals surface area contributed by atoms with E-state index < -0.39 is 5.79 Å². The van der Waals surface area contributed by atoms with Crippen LogP contribution in [-0.4, -0.2) is 40.4 Å². The van der Waals surface area contributed by atoms with Crippen LogP contribution >= 0.6 is 0 Å². The molecule has 0 aromatic carbocycles. The van der Waals surface area contributed by atoms with E-state index in [9.17, 15) is 0 Å². The summed E-state index contributed by atoms with van der Waals surface area (Å²) in [5, 5.41) is 0. The molecule has 0 amide bonds. The Kier molecular flexibility index (Phi) is 4.51. The number of rotatable bonds is 2. The van der Waals surface area contributed by atoms with Gasteiger partial charge in [0.25, 0.3) is 0 Å². The molecule has 0 spiro atoms. The molecule has 0 aromatic heterocycles. The Morgan fingerprint density at radius 2 is 1.52 bits per heavy atom. The zero-order valence-corrected chi connectivity index (χ0v) is 20.4. The van der Waals surface area contributed by atoms with Crippen LogP contribution in [0.25, 0.3) is 0 Å². The van der Waals surface area contributed by atoms with Gasteiger partial charge in [0.2, 0.25) is 0 Å². The molecular formula is C26H40N2O3. The van der Waals surface area contributed by atoms with Crippen molar-refractivity contribution in [3.05, 3.63) is 23.4 Å². The number of nitrogens with zero attached hydrogens (tertiary/aromatic N) is 1. The molecule has 2 unspecified atom stereocenters. The molecule has 4 heterocycles. The minimum Gasteiger partial charge on any atom is -0.397 e. The highest BCUT2D eigenvalue weighted by Crippen LogP contribution is 2.59. The van der Waals surface area contributed by atoms with Gasteiger partial charge in [-0.05, 0) is 90.0 Å². The number of aliphatic imine (C=N–C) groups is 1. The molecule has 0 radical (unpaired) electrons. The summed E-state index contributed by atoms with van der Waals surface area (Å²) in [6.45, 7) is 15.4. The van der Waals surface area contributed by atoms with Crippen molar-refractivity contribution in [1.82, 2.24) is 0 Å². The summed E-state index contributed by atoms with van der Waals surface area (Å²) < 4.78 is 19.3. The van der Waals surface area contributed by atoms with Gasteiger partial charge in [-0.15, -0.1) is 0 Å². The van der Waals surface area contributed by atoms with Gasteiger partial charge in [-0.2, -0.15) is 0 Å². The highest BCUT2D eigenvalue weighted by molar-refractivity contribution is 6.12. The molecule has 5 aliphatic rings. The van der Waals surface area contributed by atoms with E-state index in [4.69, 9.17) is 24.9 Å². The summed E-state index contributed by atoms with van der Waals surface area (Å²) in [5.41, 5.74) is 9.17.